The van der Waals surface area contributed by atoms with E-state index >= 15 is 0 Å². The maximum atomic E-state index is 12.4. The molecule has 0 aliphatic carbocycles. The van der Waals surface area contributed by atoms with Crippen molar-refractivity contribution in [3.05, 3.63) is 71.3 Å². The summed E-state index contributed by atoms with van der Waals surface area (Å²) in [6.45, 7) is 10.3. The Kier molecular flexibility index (Phi) is 8.58. The lowest BCUT2D eigenvalue weighted by Gasteiger charge is -2.19. The van der Waals surface area contributed by atoms with E-state index in [2.05, 4.69) is 31.4 Å². The summed E-state index contributed by atoms with van der Waals surface area (Å²) in [5, 5.41) is 5.69. The largest absolute Gasteiger partial charge is 0.513 e. The van der Waals surface area contributed by atoms with Gasteiger partial charge in [0.15, 0.2) is 0 Å². The zero-order valence-corrected chi connectivity index (χ0v) is 19.2. The third-order valence-corrected chi connectivity index (χ3v) is 4.76. The molecule has 0 aliphatic heterocycles. The maximum Gasteiger partial charge on any atom is 0.513 e. The van der Waals surface area contributed by atoms with Gasteiger partial charge in [0.2, 0.25) is 5.91 Å². The van der Waals surface area contributed by atoms with Crippen molar-refractivity contribution in [1.82, 2.24) is 5.32 Å². The van der Waals surface area contributed by atoms with Crippen molar-refractivity contribution in [2.75, 3.05) is 11.9 Å². The van der Waals surface area contributed by atoms with Gasteiger partial charge in [-0.25, -0.2) is 4.79 Å². The lowest BCUT2D eigenvalue weighted by Crippen LogP contribution is -2.22. The number of carbonyl (C=O) groups excluding carboxylic acids is 3. The van der Waals surface area contributed by atoms with Crippen LogP contribution in [-0.4, -0.2) is 24.6 Å². The molecule has 170 valence electrons. The van der Waals surface area contributed by atoms with Crippen molar-refractivity contribution in [3.63, 3.8) is 0 Å². The lowest BCUT2D eigenvalue weighted by atomic mass is 9.87. The van der Waals surface area contributed by atoms with Gasteiger partial charge in [-0.2, -0.15) is 0 Å². The molecule has 0 radical (unpaired) electrons. The second kappa shape index (κ2) is 11.1. The van der Waals surface area contributed by atoms with E-state index in [1.807, 2.05) is 25.1 Å². The molecule has 2 aromatic rings. The molecule has 2 aromatic carbocycles. The molecule has 0 heterocycles. The van der Waals surface area contributed by atoms with Crippen LogP contribution in [0, 0.1) is 5.41 Å². The summed E-state index contributed by atoms with van der Waals surface area (Å²) in [6, 6.07) is 13.5. The van der Waals surface area contributed by atoms with Crippen molar-refractivity contribution in [2.45, 2.75) is 41.2 Å². The van der Waals surface area contributed by atoms with Gasteiger partial charge in [-0.15, -0.1) is 0 Å². The van der Waals surface area contributed by atoms with Crippen LogP contribution in [0.2, 0.25) is 0 Å². The van der Waals surface area contributed by atoms with Gasteiger partial charge in [0.05, 0.1) is 6.61 Å². The van der Waals surface area contributed by atoms with Crippen LogP contribution in [0.1, 0.15) is 50.5 Å². The molecular formula is C25H30N2O5. The zero-order chi connectivity index (χ0) is 23.7. The van der Waals surface area contributed by atoms with Gasteiger partial charge in [0, 0.05) is 23.9 Å². The SMILES string of the molecule is CCOC(=O)Oc1ccc(C(=O)NCc2cccc(NC(=O)/C=C(\C)C(C)(C)C)c2)cc1. The number of hydrogen-bond acceptors (Lipinski definition) is 5. The quantitative estimate of drug-likeness (QED) is 0.357. The molecule has 0 atom stereocenters. The highest BCUT2D eigenvalue weighted by Gasteiger charge is 2.14. The molecule has 2 amide bonds. The second-order valence-corrected chi connectivity index (χ2v) is 8.26. The van der Waals surface area contributed by atoms with Crippen LogP contribution in [0.3, 0.4) is 0 Å². The molecule has 7 nitrogen and oxygen atoms in total. The smallest absolute Gasteiger partial charge is 0.434 e. The Labute approximate surface area is 188 Å². The Balaban J connectivity index is 1.93. The summed E-state index contributed by atoms with van der Waals surface area (Å²) in [6.07, 6.45) is 0.810. The Morgan fingerprint density at radius 3 is 2.34 bits per heavy atom. The van der Waals surface area contributed by atoms with Crippen molar-refractivity contribution >= 4 is 23.7 Å². The number of benzene rings is 2. The predicted molar refractivity (Wildman–Crippen MR) is 124 cm³/mol. The molecule has 32 heavy (non-hydrogen) atoms. The van der Waals surface area contributed by atoms with E-state index < -0.39 is 6.16 Å². The summed E-state index contributed by atoms with van der Waals surface area (Å²) < 4.78 is 9.68. The van der Waals surface area contributed by atoms with Crippen LogP contribution < -0.4 is 15.4 Å². The highest BCUT2D eigenvalue weighted by molar-refractivity contribution is 5.99. The molecule has 0 bridgehead atoms. The number of hydrogen-bond donors (Lipinski definition) is 2. The van der Waals surface area contributed by atoms with E-state index in [9.17, 15) is 14.4 Å². The van der Waals surface area contributed by atoms with Crippen molar-refractivity contribution in [3.8, 4) is 5.75 Å². The molecule has 0 fully saturated rings. The van der Waals surface area contributed by atoms with E-state index in [-0.39, 0.29) is 23.8 Å². The fourth-order valence-corrected chi connectivity index (χ4v) is 2.55. The Bertz CT molecular complexity index is 988. The standard InChI is InChI=1S/C25H30N2O5/c1-6-31-24(30)32-21-12-10-19(11-13-21)23(29)26-16-18-8-7-9-20(15-18)27-22(28)14-17(2)25(3,4)5/h7-15H,6,16H2,1-5H3,(H,26,29)(H,27,28)/b17-14+. The minimum Gasteiger partial charge on any atom is -0.434 e. The average Bonchev–Trinajstić information content (AvgIpc) is 2.72. The van der Waals surface area contributed by atoms with Gasteiger partial charge in [-0.1, -0.05) is 38.5 Å². The predicted octanol–water partition coefficient (Wildman–Crippen LogP) is 5.08. The van der Waals surface area contributed by atoms with E-state index in [1.165, 1.54) is 12.1 Å². The number of carbonyl (C=O) groups is 3. The third-order valence-electron chi connectivity index (χ3n) is 4.76. The molecule has 0 aliphatic rings. The topological polar surface area (TPSA) is 93.7 Å². The number of allylic oxidation sites excluding steroid dienone is 1. The summed E-state index contributed by atoms with van der Waals surface area (Å²) in [5.74, 6) is -0.172. The Hall–Kier alpha value is -3.61. The van der Waals surface area contributed by atoms with Gasteiger partial charge in [0.25, 0.3) is 5.91 Å². The van der Waals surface area contributed by atoms with Gasteiger partial charge < -0.3 is 20.1 Å². The molecule has 0 aromatic heterocycles. The number of ether oxygens (including phenoxy) is 2. The average molecular weight is 439 g/mol. The van der Waals surface area contributed by atoms with Gasteiger partial charge in [0.1, 0.15) is 5.75 Å². The van der Waals surface area contributed by atoms with Gasteiger partial charge in [-0.05, 0) is 61.2 Å². The van der Waals surface area contributed by atoms with Gasteiger partial charge >= 0.3 is 6.16 Å². The summed E-state index contributed by atoms with van der Waals surface area (Å²) >= 11 is 0. The Morgan fingerprint density at radius 1 is 1.03 bits per heavy atom. The first kappa shape index (κ1) is 24.7. The Morgan fingerprint density at radius 2 is 1.72 bits per heavy atom. The first-order valence-electron chi connectivity index (χ1n) is 10.4. The minimum atomic E-state index is -0.791. The highest BCUT2D eigenvalue weighted by Crippen LogP contribution is 2.24. The van der Waals surface area contributed by atoms with Crippen molar-refractivity contribution in [1.29, 1.82) is 0 Å². The zero-order valence-electron chi connectivity index (χ0n) is 19.2. The molecule has 2 rings (SSSR count). The van der Waals surface area contributed by atoms with E-state index in [0.29, 0.717) is 23.5 Å². The third kappa shape index (κ3) is 7.91. The number of nitrogens with one attached hydrogen (secondary N) is 2. The number of anilines is 1. The molecule has 0 saturated carbocycles. The molecule has 0 unspecified atom stereocenters. The molecular weight excluding hydrogens is 408 g/mol. The van der Waals surface area contributed by atoms with Crippen LogP contribution in [-0.2, 0) is 16.1 Å². The highest BCUT2D eigenvalue weighted by atomic mass is 16.7. The molecule has 2 N–H and O–H groups in total. The second-order valence-electron chi connectivity index (χ2n) is 8.26. The first-order chi connectivity index (χ1) is 15.1. The van der Waals surface area contributed by atoms with Gasteiger partial charge in [-0.3, -0.25) is 9.59 Å². The van der Waals surface area contributed by atoms with Crippen LogP contribution >= 0.6 is 0 Å². The molecule has 0 saturated heterocycles. The molecule has 0 spiro atoms. The summed E-state index contributed by atoms with van der Waals surface area (Å²) in [4.78, 5) is 36.0. The number of amides is 2. The molecule has 7 heteroatoms. The van der Waals surface area contributed by atoms with Crippen LogP contribution in [0.5, 0.6) is 5.75 Å². The van der Waals surface area contributed by atoms with Crippen molar-refractivity contribution < 1.29 is 23.9 Å². The van der Waals surface area contributed by atoms with Crippen LogP contribution in [0.25, 0.3) is 0 Å². The maximum absolute atomic E-state index is 12.4. The van der Waals surface area contributed by atoms with E-state index in [1.54, 1.807) is 31.2 Å². The van der Waals surface area contributed by atoms with Crippen molar-refractivity contribution in [2.24, 2.45) is 5.41 Å². The normalized spacial score (nSPS) is 11.5. The minimum absolute atomic E-state index is 0.0768. The van der Waals surface area contributed by atoms with Crippen LogP contribution in [0.15, 0.2) is 60.2 Å². The van der Waals surface area contributed by atoms with E-state index in [0.717, 1.165) is 11.1 Å². The monoisotopic (exact) mass is 438 g/mol. The lowest BCUT2D eigenvalue weighted by molar-refractivity contribution is -0.112. The summed E-state index contributed by atoms with van der Waals surface area (Å²) in [7, 11) is 0. The first-order valence-corrected chi connectivity index (χ1v) is 10.4. The fourth-order valence-electron chi connectivity index (χ4n) is 2.55. The van der Waals surface area contributed by atoms with E-state index in [4.69, 9.17) is 9.47 Å². The summed E-state index contributed by atoms with van der Waals surface area (Å²) in [5.41, 5.74) is 2.83. The fraction of sp³-hybridized carbons (Fsp3) is 0.320. The van der Waals surface area contributed by atoms with Crippen LogP contribution in [0.4, 0.5) is 10.5 Å². The number of rotatable bonds is 7.